The van der Waals surface area contributed by atoms with E-state index in [0.29, 0.717) is 15.7 Å². The number of rotatable bonds is 5. The molecule has 7 nitrogen and oxygen atoms in total. The van der Waals surface area contributed by atoms with Gasteiger partial charge in [-0.2, -0.15) is 0 Å². The standard InChI is InChI=1S/C14H14BrN3O4S/c15-11-4-5-14(20)18(7-11)8-13(19)17-12-3-1-2-10(6-12)9-23(16,21)22/h1-7H,8-9H2,(H,17,19)(H2,16,21,22). The van der Waals surface area contributed by atoms with Crippen molar-refractivity contribution < 1.29 is 13.2 Å². The molecule has 1 heterocycles. The smallest absolute Gasteiger partial charge is 0.251 e. The molecular formula is C14H14BrN3O4S. The molecule has 0 aliphatic heterocycles. The van der Waals surface area contributed by atoms with E-state index in [1.807, 2.05) is 0 Å². The quantitative estimate of drug-likeness (QED) is 0.781. The second kappa shape index (κ2) is 7.07. The summed E-state index contributed by atoms with van der Waals surface area (Å²) in [6.45, 7) is -0.155. The van der Waals surface area contributed by atoms with E-state index in [2.05, 4.69) is 21.2 Å². The molecule has 2 rings (SSSR count). The Hall–Kier alpha value is -1.97. The first-order valence-corrected chi connectivity index (χ1v) is 8.99. The molecule has 9 heteroatoms. The van der Waals surface area contributed by atoms with Crippen LogP contribution in [0.3, 0.4) is 0 Å². The lowest BCUT2D eigenvalue weighted by Crippen LogP contribution is -2.26. The summed E-state index contributed by atoms with van der Waals surface area (Å²) in [6, 6.07) is 9.29. The van der Waals surface area contributed by atoms with Gasteiger partial charge < -0.3 is 9.88 Å². The molecule has 1 aromatic heterocycles. The minimum Gasteiger partial charge on any atom is -0.325 e. The van der Waals surface area contributed by atoms with Crippen LogP contribution >= 0.6 is 15.9 Å². The molecule has 0 aliphatic rings. The predicted molar refractivity (Wildman–Crippen MR) is 90.3 cm³/mol. The summed E-state index contributed by atoms with van der Waals surface area (Å²) in [5.41, 5.74) is 0.593. The molecule has 0 fully saturated rings. The topological polar surface area (TPSA) is 111 Å². The van der Waals surface area contributed by atoms with Gasteiger partial charge in [0.25, 0.3) is 5.56 Å². The van der Waals surface area contributed by atoms with Crippen LogP contribution < -0.4 is 16.0 Å². The van der Waals surface area contributed by atoms with Gasteiger partial charge in [0.15, 0.2) is 0 Å². The molecule has 0 spiro atoms. The number of primary sulfonamides is 1. The maximum atomic E-state index is 12.0. The Kier molecular flexibility index (Phi) is 5.34. The molecule has 23 heavy (non-hydrogen) atoms. The molecule has 0 saturated heterocycles. The fourth-order valence-corrected chi connectivity index (χ4v) is 2.98. The molecule has 0 atom stereocenters. The van der Waals surface area contributed by atoms with Gasteiger partial charge in [-0.3, -0.25) is 9.59 Å². The number of benzene rings is 1. The fourth-order valence-electron chi connectivity index (χ4n) is 1.95. The first-order valence-electron chi connectivity index (χ1n) is 6.48. The van der Waals surface area contributed by atoms with Gasteiger partial charge >= 0.3 is 0 Å². The van der Waals surface area contributed by atoms with Crippen LogP contribution in [0, 0.1) is 0 Å². The van der Waals surface area contributed by atoms with Crippen molar-refractivity contribution in [2.45, 2.75) is 12.3 Å². The molecule has 0 unspecified atom stereocenters. The highest BCUT2D eigenvalue weighted by atomic mass is 79.9. The van der Waals surface area contributed by atoms with Gasteiger partial charge in [0.2, 0.25) is 15.9 Å². The van der Waals surface area contributed by atoms with E-state index in [0.717, 1.165) is 0 Å². The third-order valence-electron chi connectivity index (χ3n) is 2.84. The fraction of sp³-hybridized carbons (Fsp3) is 0.143. The van der Waals surface area contributed by atoms with Gasteiger partial charge in [-0.1, -0.05) is 12.1 Å². The number of anilines is 1. The van der Waals surface area contributed by atoms with Crippen LogP contribution in [0.25, 0.3) is 0 Å². The van der Waals surface area contributed by atoms with Gasteiger partial charge in [-0.15, -0.1) is 0 Å². The molecule has 2 aromatic rings. The monoisotopic (exact) mass is 399 g/mol. The van der Waals surface area contributed by atoms with Gasteiger partial charge in [0, 0.05) is 22.4 Å². The zero-order valence-corrected chi connectivity index (χ0v) is 14.3. The summed E-state index contributed by atoms with van der Waals surface area (Å²) in [5.74, 6) is -0.722. The van der Waals surface area contributed by atoms with E-state index in [-0.39, 0.29) is 17.9 Å². The Morgan fingerprint density at radius 3 is 2.70 bits per heavy atom. The van der Waals surface area contributed by atoms with E-state index in [1.54, 1.807) is 24.3 Å². The SMILES string of the molecule is NS(=O)(=O)Cc1cccc(NC(=O)Cn2cc(Br)ccc2=O)c1. The zero-order valence-electron chi connectivity index (χ0n) is 11.9. The zero-order chi connectivity index (χ0) is 17.0. The highest BCUT2D eigenvalue weighted by Crippen LogP contribution is 2.12. The minimum absolute atomic E-state index is 0.155. The first-order chi connectivity index (χ1) is 10.7. The number of hydrogen-bond acceptors (Lipinski definition) is 4. The van der Waals surface area contributed by atoms with Crippen LogP contribution in [-0.4, -0.2) is 18.9 Å². The number of nitrogens with zero attached hydrogens (tertiary/aromatic N) is 1. The average molecular weight is 400 g/mol. The normalized spacial score (nSPS) is 11.2. The Bertz CT molecular complexity index is 893. The number of nitrogens with two attached hydrogens (primary N) is 1. The van der Waals surface area contributed by atoms with E-state index < -0.39 is 15.9 Å². The Morgan fingerprint density at radius 1 is 1.26 bits per heavy atom. The minimum atomic E-state index is -3.64. The highest BCUT2D eigenvalue weighted by Gasteiger charge is 2.08. The van der Waals surface area contributed by atoms with Crippen molar-refractivity contribution in [3.63, 3.8) is 0 Å². The Balaban J connectivity index is 2.10. The van der Waals surface area contributed by atoms with Crippen molar-refractivity contribution in [2.24, 2.45) is 5.14 Å². The number of hydrogen-bond donors (Lipinski definition) is 2. The number of carbonyl (C=O) groups excluding carboxylic acids is 1. The van der Waals surface area contributed by atoms with E-state index >= 15 is 0 Å². The summed E-state index contributed by atoms with van der Waals surface area (Å²) in [5, 5.41) is 7.61. The lowest BCUT2D eigenvalue weighted by molar-refractivity contribution is -0.116. The molecule has 1 aromatic carbocycles. The van der Waals surface area contributed by atoms with E-state index in [4.69, 9.17) is 5.14 Å². The van der Waals surface area contributed by atoms with Crippen molar-refractivity contribution in [3.8, 4) is 0 Å². The molecule has 0 saturated carbocycles. The summed E-state index contributed by atoms with van der Waals surface area (Å²) in [7, 11) is -3.64. The number of pyridine rings is 1. The average Bonchev–Trinajstić information content (AvgIpc) is 2.41. The number of sulfonamides is 1. The third-order valence-corrected chi connectivity index (χ3v) is 4.04. The summed E-state index contributed by atoms with van der Waals surface area (Å²) < 4.78 is 24.1. The molecule has 0 aliphatic carbocycles. The number of halogens is 1. The maximum Gasteiger partial charge on any atom is 0.251 e. The van der Waals surface area contributed by atoms with Crippen LogP contribution in [0.2, 0.25) is 0 Å². The van der Waals surface area contributed by atoms with Crippen LogP contribution in [0.1, 0.15) is 5.56 Å². The molecule has 3 N–H and O–H groups in total. The molecular weight excluding hydrogens is 386 g/mol. The van der Waals surface area contributed by atoms with Crippen molar-refractivity contribution in [3.05, 3.63) is 63.0 Å². The number of aromatic nitrogens is 1. The highest BCUT2D eigenvalue weighted by molar-refractivity contribution is 9.10. The van der Waals surface area contributed by atoms with Gasteiger partial charge in [-0.05, 0) is 39.7 Å². The van der Waals surface area contributed by atoms with Gasteiger partial charge in [-0.25, -0.2) is 13.6 Å². The van der Waals surface area contributed by atoms with Gasteiger partial charge in [0.1, 0.15) is 6.54 Å². The van der Waals surface area contributed by atoms with Crippen molar-refractivity contribution >= 4 is 37.5 Å². The second-order valence-corrected chi connectivity index (χ2v) is 7.40. The predicted octanol–water partition coefficient (Wildman–Crippen LogP) is 1.04. The lowest BCUT2D eigenvalue weighted by atomic mass is 10.2. The number of carbonyl (C=O) groups is 1. The van der Waals surface area contributed by atoms with Crippen LogP contribution in [0.4, 0.5) is 5.69 Å². The molecule has 122 valence electrons. The van der Waals surface area contributed by atoms with Crippen molar-refractivity contribution in [1.29, 1.82) is 0 Å². The van der Waals surface area contributed by atoms with Crippen molar-refractivity contribution in [2.75, 3.05) is 5.32 Å². The summed E-state index contributed by atoms with van der Waals surface area (Å²) >= 11 is 3.23. The Labute approximate surface area is 141 Å². The largest absolute Gasteiger partial charge is 0.325 e. The number of nitrogens with one attached hydrogen (secondary N) is 1. The van der Waals surface area contributed by atoms with E-state index in [1.165, 1.54) is 22.9 Å². The molecule has 1 amide bonds. The maximum absolute atomic E-state index is 12.0. The summed E-state index contributed by atoms with van der Waals surface area (Å²) in [4.78, 5) is 23.7. The lowest BCUT2D eigenvalue weighted by Gasteiger charge is -2.09. The third kappa shape index (κ3) is 5.62. The van der Waals surface area contributed by atoms with Crippen LogP contribution in [0.5, 0.6) is 0 Å². The second-order valence-electron chi connectivity index (χ2n) is 4.87. The van der Waals surface area contributed by atoms with Crippen LogP contribution in [0.15, 0.2) is 51.9 Å². The Morgan fingerprint density at radius 2 is 2.00 bits per heavy atom. The number of amides is 1. The van der Waals surface area contributed by atoms with Gasteiger partial charge in [0.05, 0.1) is 5.75 Å². The molecule has 0 radical (unpaired) electrons. The van der Waals surface area contributed by atoms with E-state index in [9.17, 15) is 18.0 Å². The summed E-state index contributed by atoms with van der Waals surface area (Å²) in [6.07, 6.45) is 1.51. The molecule has 0 bridgehead atoms. The first kappa shape index (κ1) is 17.4. The van der Waals surface area contributed by atoms with Crippen LogP contribution in [-0.2, 0) is 27.1 Å². The van der Waals surface area contributed by atoms with Crippen molar-refractivity contribution in [1.82, 2.24) is 4.57 Å².